The molecule has 35 heavy (non-hydrogen) atoms. The summed E-state index contributed by atoms with van der Waals surface area (Å²) >= 11 is 0. The second kappa shape index (κ2) is 13.0. The third-order valence-corrected chi connectivity index (χ3v) is 5.91. The van der Waals surface area contributed by atoms with E-state index in [1.807, 2.05) is 60.7 Å². The summed E-state index contributed by atoms with van der Waals surface area (Å²) in [6.07, 6.45) is 2.34. The Morgan fingerprint density at radius 1 is 0.886 bits per heavy atom. The van der Waals surface area contributed by atoms with Gasteiger partial charge < -0.3 is 23.9 Å². The number of carbonyl (C=O) groups is 1. The molecule has 0 aliphatic heterocycles. The highest BCUT2D eigenvalue weighted by Crippen LogP contribution is 2.29. The van der Waals surface area contributed by atoms with Crippen LogP contribution in [-0.4, -0.2) is 39.9 Å². The van der Waals surface area contributed by atoms with E-state index >= 15 is 0 Å². The van der Waals surface area contributed by atoms with Gasteiger partial charge in [0, 0.05) is 6.54 Å². The highest BCUT2D eigenvalue weighted by Gasteiger charge is 2.26. The van der Waals surface area contributed by atoms with E-state index in [0.717, 1.165) is 28.4 Å². The van der Waals surface area contributed by atoms with Crippen molar-refractivity contribution < 1.29 is 23.4 Å². The van der Waals surface area contributed by atoms with Crippen molar-refractivity contribution in [2.24, 2.45) is 5.92 Å². The zero-order valence-corrected chi connectivity index (χ0v) is 21.1. The zero-order chi connectivity index (χ0) is 25.2. The van der Waals surface area contributed by atoms with Gasteiger partial charge in [0.1, 0.15) is 23.3 Å². The number of rotatable bonds is 13. The fourth-order valence-corrected chi connectivity index (χ4v) is 4.05. The molecule has 188 valence electrons. The molecule has 0 bridgehead atoms. The van der Waals surface area contributed by atoms with Crippen molar-refractivity contribution in [2.45, 2.75) is 38.4 Å². The predicted molar refractivity (Wildman–Crippen MR) is 136 cm³/mol. The van der Waals surface area contributed by atoms with Gasteiger partial charge in [0.15, 0.2) is 0 Å². The molecule has 0 saturated carbocycles. The maximum atomic E-state index is 12.4. The standard InChI is InChI=1S/C28H36N2O5/c1-19(2)17-24(28(31)34-5)29-18-25(26-7-6-16-35-26)30-27(20-8-12-22(32-3)13-9-20)21-10-14-23(33-4)15-11-21/h6-16,19,24-25,27,29-30H,17-18H2,1-5H3. The molecule has 2 unspecified atom stereocenters. The van der Waals surface area contributed by atoms with E-state index < -0.39 is 6.04 Å². The lowest BCUT2D eigenvalue weighted by molar-refractivity contribution is -0.143. The summed E-state index contributed by atoms with van der Waals surface area (Å²) in [4.78, 5) is 12.4. The molecule has 1 heterocycles. The van der Waals surface area contributed by atoms with E-state index in [4.69, 9.17) is 18.6 Å². The number of methoxy groups -OCH3 is 3. The van der Waals surface area contributed by atoms with Gasteiger partial charge in [0.25, 0.3) is 0 Å². The molecule has 7 heteroatoms. The molecule has 2 aromatic carbocycles. The second-order valence-electron chi connectivity index (χ2n) is 8.83. The predicted octanol–water partition coefficient (Wildman–Crippen LogP) is 4.89. The van der Waals surface area contributed by atoms with Crippen LogP contribution < -0.4 is 20.1 Å². The van der Waals surface area contributed by atoms with E-state index in [1.165, 1.54) is 7.11 Å². The maximum absolute atomic E-state index is 12.4. The number of ether oxygens (including phenoxy) is 3. The number of benzene rings is 2. The van der Waals surface area contributed by atoms with E-state index in [-0.39, 0.29) is 18.1 Å². The van der Waals surface area contributed by atoms with Crippen molar-refractivity contribution in [3.05, 3.63) is 83.8 Å². The Morgan fingerprint density at radius 3 is 1.89 bits per heavy atom. The lowest BCUT2D eigenvalue weighted by Gasteiger charge is -2.28. The summed E-state index contributed by atoms with van der Waals surface area (Å²) in [5.41, 5.74) is 2.14. The van der Waals surface area contributed by atoms with Crippen molar-refractivity contribution in [3.8, 4) is 11.5 Å². The molecule has 0 saturated heterocycles. The van der Waals surface area contributed by atoms with Crippen molar-refractivity contribution in [1.29, 1.82) is 0 Å². The van der Waals surface area contributed by atoms with Gasteiger partial charge in [0.2, 0.25) is 0 Å². The Bertz CT molecular complexity index is 969. The van der Waals surface area contributed by atoms with Crippen molar-refractivity contribution in [2.75, 3.05) is 27.9 Å². The van der Waals surface area contributed by atoms with E-state index in [0.29, 0.717) is 18.9 Å². The van der Waals surface area contributed by atoms with Gasteiger partial charge in [-0.2, -0.15) is 0 Å². The molecule has 7 nitrogen and oxygen atoms in total. The van der Waals surface area contributed by atoms with Crippen LogP contribution in [0.5, 0.6) is 11.5 Å². The lowest BCUT2D eigenvalue weighted by atomic mass is 9.96. The molecular formula is C28H36N2O5. The van der Waals surface area contributed by atoms with Crippen LogP contribution in [-0.2, 0) is 9.53 Å². The van der Waals surface area contributed by atoms with E-state index in [1.54, 1.807) is 20.5 Å². The fraction of sp³-hybridized carbons (Fsp3) is 0.393. The molecule has 0 fully saturated rings. The summed E-state index contributed by atoms with van der Waals surface area (Å²) in [6.45, 7) is 4.65. The first kappa shape index (κ1) is 26.3. The Hall–Kier alpha value is -3.29. The zero-order valence-electron chi connectivity index (χ0n) is 21.1. The Labute approximate surface area is 207 Å². The minimum Gasteiger partial charge on any atom is -0.497 e. The first-order chi connectivity index (χ1) is 16.9. The van der Waals surface area contributed by atoms with Crippen molar-refractivity contribution >= 4 is 5.97 Å². The molecule has 0 radical (unpaired) electrons. The van der Waals surface area contributed by atoms with Gasteiger partial charge in [-0.15, -0.1) is 0 Å². The lowest BCUT2D eigenvalue weighted by Crippen LogP contribution is -2.43. The largest absolute Gasteiger partial charge is 0.497 e. The number of carbonyl (C=O) groups excluding carboxylic acids is 1. The first-order valence-corrected chi connectivity index (χ1v) is 11.8. The van der Waals surface area contributed by atoms with E-state index in [2.05, 4.69) is 24.5 Å². The molecular weight excluding hydrogens is 444 g/mol. The molecule has 0 amide bonds. The van der Waals surface area contributed by atoms with Crippen LogP contribution in [0.1, 0.15) is 49.2 Å². The van der Waals surface area contributed by atoms with Crippen LogP contribution in [0.25, 0.3) is 0 Å². The minimum atomic E-state index is -0.403. The minimum absolute atomic E-state index is 0.148. The summed E-state index contributed by atoms with van der Waals surface area (Å²) < 4.78 is 21.5. The Morgan fingerprint density at radius 2 is 1.46 bits per heavy atom. The van der Waals surface area contributed by atoms with Crippen LogP contribution in [0, 0.1) is 5.92 Å². The summed E-state index contributed by atoms with van der Waals surface area (Å²) in [5.74, 6) is 2.44. The number of hydrogen-bond acceptors (Lipinski definition) is 7. The van der Waals surface area contributed by atoms with Gasteiger partial charge >= 0.3 is 5.97 Å². The third-order valence-electron chi connectivity index (χ3n) is 5.91. The van der Waals surface area contributed by atoms with E-state index in [9.17, 15) is 4.79 Å². The number of nitrogens with one attached hydrogen (secondary N) is 2. The molecule has 0 aliphatic carbocycles. The Balaban J connectivity index is 1.90. The van der Waals surface area contributed by atoms with Crippen molar-refractivity contribution in [3.63, 3.8) is 0 Å². The summed E-state index contributed by atoms with van der Waals surface area (Å²) in [6, 6.07) is 19.0. The van der Waals surface area contributed by atoms with Crippen LogP contribution in [0.3, 0.4) is 0 Å². The topological polar surface area (TPSA) is 82.0 Å². The second-order valence-corrected chi connectivity index (χ2v) is 8.83. The highest BCUT2D eigenvalue weighted by atomic mass is 16.5. The van der Waals surface area contributed by atoms with Crippen LogP contribution in [0.15, 0.2) is 71.3 Å². The number of hydrogen-bond donors (Lipinski definition) is 2. The number of furan rings is 1. The molecule has 3 rings (SSSR count). The fourth-order valence-electron chi connectivity index (χ4n) is 4.05. The third kappa shape index (κ3) is 7.34. The molecule has 0 spiro atoms. The molecule has 3 aromatic rings. The molecule has 2 atom stereocenters. The summed E-state index contributed by atoms with van der Waals surface area (Å²) in [7, 11) is 4.73. The number of esters is 1. The maximum Gasteiger partial charge on any atom is 0.322 e. The molecule has 1 aromatic heterocycles. The first-order valence-electron chi connectivity index (χ1n) is 11.8. The Kier molecular flexibility index (Phi) is 9.76. The monoisotopic (exact) mass is 480 g/mol. The van der Waals surface area contributed by atoms with Gasteiger partial charge in [-0.3, -0.25) is 10.1 Å². The van der Waals surface area contributed by atoms with Gasteiger partial charge in [0.05, 0.1) is 39.7 Å². The van der Waals surface area contributed by atoms with Gasteiger partial charge in [-0.25, -0.2) is 0 Å². The normalized spacial score (nSPS) is 13.0. The van der Waals surface area contributed by atoms with Crippen LogP contribution >= 0.6 is 0 Å². The quantitative estimate of drug-likeness (QED) is 0.337. The molecule has 0 aliphatic rings. The average molecular weight is 481 g/mol. The SMILES string of the molecule is COC(=O)C(CC(C)C)NCC(NC(c1ccc(OC)cc1)c1ccc(OC)cc1)c1ccco1. The van der Waals surface area contributed by atoms with Crippen molar-refractivity contribution in [1.82, 2.24) is 10.6 Å². The van der Waals surface area contributed by atoms with Crippen LogP contribution in [0.2, 0.25) is 0 Å². The van der Waals surface area contributed by atoms with Crippen LogP contribution in [0.4, 0.5) is 0 Å². The smallest absolute Gasteiger partial charge is 0.322 e. The van der Waals surface area contributed by atoms with Gasteiger partial charge in [-0.05, 0) is 59.9 Å². The highest BCUT2D eigenvalue weighted by molar-refractivity contribution is 5.75. The summed E-state index contributed by atoms with van der Waals surface area (Å²) in [5, 5.41) is 7.14. The van der Waals surface area contributed by atoms with Gasteiger partial charge in [-0.1, -0.05) is 38.1 Å². The molecule has 2 N–H and O–H groups in total. The average Bonchev–Trinajstić information content (AvgIpc) is 3.42.